The third kappa shape index (κ3) is 1.25. The van der Waals surface area contributed by atoms with Gasteiger partial charge >= 0.3 is 0 Å². The summed E-state index contributed by atoms with van der Waals surface area (Å²) >= 11 is 5.48. The number of nitrogens with zero attached hydrogens (tertiary/aromatic N) is 1. The van der Waals surface area contributed by atoms with Gasteiger partial charge in [0.2, 0.25) is 0 Å². The number of nitro groups is 1. The van der Waals surface area contributed by atoms with Gasteiger partial charge in [-0.3, -0.25) is 10.1 Å². The molecule has 0 saturated carbocycles. The molecule has 0 aliphatic heterocycles. The fourth-order valence-electron chi connectivity index (χ4n) is 0.600. The number of halogens is 1. The second-order valence-corrected chi connectivity index (χ2v) is 2.12. The minimum absolute atomic E-state index is 0.0517. The van der Waals surface area contributed by atoms with Crippen molar-refractivity contribution in [2.75, 3.05) is 0 Å². The van der Waals surface area contributed by atoms with Gasteiger partial charge in [0, 0.05) is 6.07 Å². The second-order valence-electron chi connectivity index (χ2n) is 1.71. The first-order valence-electron chi connectivity index (χ1n) is 2.61. The lowest BCUT2D eigenvalue weighted by atomic mass is 11.3. The van der Waals surface area contributed by atoms with Crippen molar-refractivity contribution in [2.45, 2.75) is 0 Å². The maximum Gasteiger partial charge on any atom is 0.287 e. The molecule has 10 heavy (non-hydrogen) atoms. The highest BCUT2D eigenvalue weighted by Crippen LogP contribution is 2.21. The maximum absolute atomic E-state index is 10.1. The Balaban J connectivity index is 3.15. The van der Waals surface area contributed by atoms with E-state index in [1.54, 1.807) is 12.1 Å². The SMILES string of the molecule is O=[N+]([O-])[13c]1[13cH][13cH][13cH][13cH][13c]1Cl. The van der Waals surface area contributed by atoms with E-state index in [-0.39, 0.29) is 10.7 Å². The van der Waals surface area contributed by atoms with Crippen molar-refractivity contribution in [1.82, 2.24) is 0 Å². The Hall–Kier alpha value is -1.09. The standard InChI is InChI=1S/C6H4ClNO2/c7-5-3-1-2-4-6(5)8(9)10/h1-4H/i1+1,2+1,3+1,4+1,5+1,6+1. The monoisotopic (exact) mass is 163 g/mol. The zero-order chi connectivity index (χ0) is 7.56. The van der Waals surface area contributed by atoms with Gasteiger partial charge in [0.15, 0.2) is 0 Å². The minimum atomic E-state index is -0.512. The van der Waals surface area contributed by atoms with E-state index in [1.165, 1.54) is 12.1 Å². The first kappa shape index (κ1) is 7.02. The van der Waals surface area contributed by atoms with Crippen LogP contribution in [0, 0.1) is 10.1 Å². The molecule has 0 saturated heterocycles. The maximum atomic E-state index is 10.1. The van der Waals surface area contributed by atoms with E-state index in [2.05, 4.69) is 0 Å². The third-order valence-electron chi connectivity index (χ3n) is 1.05. The molecule has 1 aromatic rings. The number of benzene rings is 1. The third-order valence-corrected chi connectivity index (χ3v) is 1.37. The van der Waals surface area contributed by atoms with E-state index in [0.717, 1.165) is 0 Å². The zero-order valence-corrected chi connectivity index (χ0v) is 5.71. The topological polar surface area (TPSA) is 43.1 Å². The van der Waals surface area contributed by atoms with Crippen molar-refractivity contribution >= 4 is 17.3 Å². The van der Waals surface area contributed by atoms with Crippen LogP contribution < -0.4 is 0 Å². The summed E-state index contributed by atoms with van der Waals surface area (Å²) < 4.78 is 0. The molecule has 0 N–H and O–H groups in total. The molecule has 0 atom stereocenters. The molecule has 1 aromatic carbocycles. The van der Waals surface area contributed by atoms with Crippen molar-refractivity contribution in [3.63, 3.8) is 0 Å². The van der Waals surface area contributed by atoms with Crippen LogP contribution in [0.2, 0.25) is 5.02 Å². The van der Waals surface area contributed by atoms with Gasteiger partial charge in [0.05, 0.1) is 4.92 Å². The molecule has 0 unspecified atom stereocenters. The van der Waals surface area contributed by atoms with E-state index >= 15 is 0 Å². The number of hydrogen-bond acceptors (Lipinski definition) is 2. The average Bonchev–Trinajstić information content (AvgIpc) is 1.88. The van der Waals surface area contributed by atoms with Crippen LogP contribution >= 0.6 is 11.6 Å². The van der Waals surface area contributed by atoms with E-state index < -0.39 is 4.92 Å². The summed E-state index contributed by atoms with van der Waals surface area (Å²) in [6.07, 6.45) is 0. The molecule has 0 bridgehead atoms. The van der Waals surface area contributed by atoms with Crippen molar-refractivity contribution < 1.29 is 4.92 Å². The van der Waals surface area contributed by atoms with Crippen molar-refractivity contribution in [2.24, 2.45) is 0 Å². The van der Waals surface area contributed by atoms with E-state index in [4.69, 9.17) is 11.6 Å². The van der Waals surface area contributed by atoms with Gasteiger partial charge in [-0.15, -0.1) is 0 Å². The highest BCUT2D eigenvalue weighted by Gasteiger charge is 2.08. The van der Waals surface area contributed by atoms with Crippen LogP contribution in [0.3, 0.4) is 0 Å². The first-order chi connectivity index (χ1) is 4.72. The van der Waals surface area contributed by atoms with Crippen molar-refractivity contribution in [3.05, 3.63) is 39.4 Å². The van der Waals surface area contributed by atoms with Gasteiger partial charge in [-0.25, -0.2) is 0 Å². The number of para-hydroxylation sites is 1. The molecule has 0 aliphatic rings. The van der Waals surface area contributed by atoms with Crippen LogP contribution in [0.1, 0.15) is 0 Å². The van der Waals surface area contributed by atoms with Crippen LogP contribution in [-0.4, -0.2) is 4.92 Å². The summed E-state index contributed by atoms with van der Waals surface area (Å²) in [5.74, 6) is 0. The summed E-state index contributed by atoms with van der Waals surface area (Å²) in [5.41, 5.74) is -0.0517. The van der Waals surface area contributed by atoms with E-state index in [9.17, 15) is 10.1 Å². The molecule has 0 radical (unpaired) electrons. The number of nitro benzene ring substituents is 1. The van der Waals surface area contributed by atoms with Crippen LogP contribution in [0.5, 0.6) is 0 Å². The Bertz CT molecular complexity index is 262. The van der Waals surface area contributed by atoms with Crippen molar-refractivity contribution in [3.8, 4) is 0 Å². The van der Waals surface area contributed by atoms with Crippen LogP contribution in [0.25, 0.3) is 0 Å². The number of hydrogen-bond donors (Lipinski definition) is 0. The molecule has 0 spiro atoms. The van der Waals surface area contributed by atoms with Crippen LogP contribution in [0.15, 0.2) is 24.3 Å². The normalized spacial score (nSPS) is 9.30. The average molecular weight is 164 g/mol. The highest BCUT2D eigenvalue weighted by atomic mass is 35.5. The molecule has 0 amide bonds. The Morgan fingerprint density at radius 3 is 2.40 bits per heavy atom. The Labute approximate surface area is 62.4 Å². The summed E-state index contributed by atoms with van der Waals surface area (Å²) in [6, 6.07) is 6.07. The summed E-state index contributed by atoms with van der Waals surface area (Å²) in [6.45, 7) is 0. The lowest BCUT2D eigenvalue weighted by Crippen LogP contribution is -1.87. The predicted molar refractivity (Wildman–Crippen MR) is 38.1 cm³/mol. The molecule has 0 heterocycles. The highest BCUT2D eigenvalue weighted by molar-refractivity contribution is 6.32. The molecule has 1 rings (SSSR count). The minimum Gasteiger partial charge on any atom is -0.258 e. The largest absolute Gasteiger partial charge is 0.287 e. The smallest absolute Gasteiger partial charge is 0.258 e. The second kappa shape index (κ2) is 2.66. The Morgan fingerprint density at radius 1 is 1.40 bits per heavy atom. The summed E-state index contributed by atoms with van der Waals surface area (Å²) in [7, 11) is 0. The van der Waals surface area contributed by atoms with Gasteiger partial charge in [0.1, 0.15) is 5.02 Å². The van der Waals surface area contributed by atoms with Gasteiger partial charge in [-0.05, 0) is 6.07 Å². The fraction of sp³-hybridized carbons (Fsp3) is 0. The van der Waals surface area contributed by atoms with E-state index in [1.807, 2.05) is 0 Å². The molecule has 0 fully saturated rings. The molecule has 0 aliphatic carbocycles. The quantitative estimate of drug-likeness (QED) is 0.471. The zero-order valence-electron chi connectivity index (χ0n) is 4.95. The first-order valence-corrected chi connectivity index (χ1v) is 2.98. The van der Waals surface area contributed by atoms with Gasteiger partial charge in [-0.2, -0.15) is 0 Å². The lowest BCUT2D eigenvalue weighted by molar-refractivity contribution is -0.384. The van der Waals surface area contributed by atoms with Crippen molar-refractivity contribution in [1.29, 1.82) is 0 Å². The molecule has 3 nitrogen and oxygen atoms in total. The molecular formula is C6H4ClNO2. The molecule has 4 heteroatoms. The predicted octanol–water partition coefficient (Wildman–Crippen LogP) is 2.25. The summed E-state index contributed by atoms with van der Waals surface area (Å²) in [4.78, 5) is 9.63. The fourth-order valence-corrected chi connectivity index (χ4v) is 0.805. The summed E-state index contributed by atoms with van der Waals surface area (Å²) in [5, 5.41) is 10.3. The molecular weight excluding hydrogens is 159 g/mol. The number of rotatable bonds is 1. The molecule has 0 aromatic heterocycles. The Morgan fingerprint density at radius 2 is 2.00 bits per heavy atom. The van der Waals surface area contributed by atoms with Gasteiger partial charge in [-0.1, -0.05) is 23.7 Å². The van der Waals surface area contributed by atoms with Gasteiger partial charge in [0.25, 0.3) is 5.69 Å². The Kier molecular flexibility index (Phi) is 1.87. The molecule has 52 valence electrons. The van der Waals surface area contributed by atoms with Gasteiger partial charge < -0.3 is 0 Å². The van der Waals surface area contributed by atoms with Crippen LogP contribution in [-0.2, 0) is 0 Å². The van der Waals surface area contributed by atoms with Crippen LogP contribution in [0.4, 0.5) is 5.69 Å². The lowest BCUT2D eigenvalue weighted by Gasteiger charge is -1.90. The van der Waals surface area contributed by atoms with E-state index in [0.29, 0.717) is 0 Å².